The predicted molar refractivity (Wildman–Crippen MR) is 70.1 cm³/mol. The molecule has 3 fully saturated rings. The summed E-state index contributed by atoms with van der Waals surface area (Å²) in [7, 11) is 4.09. The second kappa shape index (κ2) is 3.49. The lowest BCUT2D eigenvalue weighted by Gasteiger charge is -2.54. The van der Waals surface area contributed by atoms with Gasteiger partial charge in [-0.3, -0.25) is 0 Å². The van der Waals surface area contributed by atoms with Gasteiger partial charge in [0, 0.05) is 19.3 Å². The van der Waals surface area contributed by atoms with Crippen LogP contribution in [0.4, 0.5) is 0 Å². The molecule has 5 rings (SSSR count). The van der Waals surface area contributed by atoms with E-state index >= 15 is 0 Å². The maximum atomic E-state index is 5.37. The van der Waals surface area contributed by atoms with E-state index < -0.39 is 0 Å². The zero-order chi connectivity index (χ0) is 10.6. The quantitative estimate of drug-likeness (QED) is 0.512. The average molecular weight is 239 g/mol. The van der Waals surface area contributed by atoms with Gasteiger partial charge in [0.2, 0.25) is 0 Å². The highest BCUT2D eigenvalue weighted by Gasteiger charge is 2.48. The van der Waals surface area contributed by atoms with Gasteiger partial charge in [0.15, 0.2) is 0 Å². The van der Waals surface area contributed by atoms with E-state index in [1.54, 1.807) is 5.57 Å². The second-order valence-corrected chi connectivity index (χ2v) is 7.08. The highest BCUT2D eigenvalue weighted by atomic mass is 32.2. The molecule has 0 aromatic heterocycles. The van der Waals surface area contributed by atoms with Crippen molar-refractivity contribution in [2.24, 2.45) is 17.8 Å². The van der Waals surface area contributed by atoms with Crippen LogP contribution in [0.25, 0.3) is 0 Å². The molecule has 0 aromatic rings. The molecule has 0 amide bonds. The average Bonchev–Trinajstić information content (AvgIpc) is 2.22. The maximum Gasteiger partial charge on any atom is 0.136 e. The van der Waals surface area contributed by atoms with Crippen molar-refractivity contribution in [1.82, 2.24) is 4.90 Å². The molecule has 15 heavy (non-hydrogen) atoms. The summed E-state index contributed by atoms with van der Waals surface area (Å²) < 4.78 is 1.04. The van der Waals surface area contributed by atoms with Crippen LogP contribution in [-0.2, 0) is 0 Å². The minimum Gasteiger partial charge on any atom is -0.364 e. The van der Waals surface area contributed by atoms with Crippen molar-refractivity contribution < 1.29 is 0 Å². The van der Waals surface area contributed by atoms with Crippen molar-refractivity contribution in [1.29, 1.82) is 0 Å². The SMILES string of the molecule is CN(C)C(=S)SC1C=C2C3CC2CC1C3. The largest absolute Gasteiger partial charge is 0.364 e. The van der Waals surface area contributed by atoms with Crippen LogP contribution >= 0.6 is 24.0 Å². The van der Waals surface area contributed by atoms with Crippen molar-refractivity contribution in [2.45, 2.75) is 24.5 Å². The number of fused-ring (bicyclic) bond motifs is 1. The van der Waals surface area contributed by atoms with E-state index in [4.69, 9.17) is 12.2 Å². The lowest BCUT2D eigenvalue weighted by atomic mass is 9.53. The molecular formula is C12H17NS2. The molecule has 3 unspecified atom stereocenters. The van der Waals surface area contributed by atoms with Crippen LogP contribution in [-0.4, -0.2) is 28.6 Å². The molecule has 3 saturated carbocycles. The van der Waals surface area contributed by atoms with Crippen molar-refractivity contribution in [3.05, 3.63) is 11.6 Å². The van der Waals surface area contributed by atoms with Gasteiger partial charge >= 0.3 is 0 Å². The third-order valence-electron chi connectivity index (χ3n) is 4.11. The molecular weight excluding hydrogens is 222 g/mol. The van der Waals surface area contributed by atoms with E-state index in [0.717, 1.165) is 22.1 Å². The first-order chi connectivity index (χ1) is 7.15. The zero-order valence-electron chi connectivity index (χ0n) is 9.27. The number of rotatable bonds is 1. The van der Waals surface area contributed by atoms with Gasteiger partial charge in [-0.05, 0) is 37.0 Å². The van der Waals surface area contributed by atoms with Gasteiger partial charge in [0.05, 0.1) is 0 Å². The van der Waals surface area contributed by atoms with Crippen molar-refractivity contribution in [2.75, 3.05) is 14.1 Å². The first kappa shape index (κ1) is 10.2. The van der Waals surface area contributed by atoms with E-state index in [1.807, 2.05) is 25.9 Å². The Morgan fingerprint density at radius 1 is 1.33 bits per heavy atom. The molecule has 3 atom stereocenters. The van der Waals surface area contributed by atoms with Gasteiger partial charge in [-0.1, -0.05) is 35.6 Å². The Morgan fingerprint density at radius 2 is 2.00 bits per heavy atom. The molecule has 3 heteroatoms. The molecule has 0 N–H and O–H groups in total. The van der Waals surface area contributed by atoms with E-state index in [1.165, 1.54) is 19.3 Å². The number of hydrogen-bond donors (Lipinski definition) is 0. The van der Waals surface area contributed by atoms with Crippen LogP contribution in [0.3, 0.4) is 0 Å². The molecule has 5 aliphatic carbocycles. The molecule has 0 spiro atoms. The summed E-state index contributed by atoms with van der Waals surface area (Å²) >= 11 is 7.27. The van der Waals surface area contributed by atoms with E-state index in [9.17, 15) is 0 Å². The number of thioether (sulfide) groups is 1. The standard InChI is InChI=1S/C12H17NS2/c1-13(2)12(14)15-11-6-10-7-3-8(10)5-9(11)4-7/h6-9,11H,3-5H2,1-2H3. The van der Waals surface area contributed by atoms with E-state index in [-0.39, 0.29) is 0 Å². The fourth-order valence-electron chi connectivity index (χ4n) is 3.30. The molecule has 0 radical (unpaired) electrons. The monoisotopic (exact) mass is 239 g/mol. The summed E-state index contributed by atoms with van der Waals surface area (Å²) in [5, 5.41) is 0.683. The van der Waals surface area contributed by atoms with Gasteiger partial charge in [0.1, 0.15) is 4.32 Å². The molecule has 1 nitrogen and oxygen atoms in total. The highest BCUT2D eigenvalue weighted by Crippen LogP contribution is 2.58. The summed E-state index contributed by atoms with van der Waals surface area (Å²) in [6.07, 6.45) is 6.90. The fourth-order valence-corrected chi connectivity index (χ4v) is 4.72. The summed E-state index contributed by atoms with van der Waals surface area (Å²) in [5.74, 6) is 2.85. The normalized spacial score (nSPS) is 40.8. The first-order valence-electron chi connectivity index (χ1n) is 5.74. The number of thiocarbonyl (C=S) groups is 1. The Labute approximate surface area is 101 Å². The molecule has 0 aromatic carbocycles. The first-order valence-corrected chi connectivity index (χ1v) is 7.03. The molecule has 0 aliphatic heterocycles. The highest BCUT2D eigenvalue weighted by molar-refractivity contribution is 8.23. The molecule has 0 saturated heterocycles. The van der Waals surface area contributed by atoms with Crippen LogP contribution < -0.4 is 0 Å². The minimum absolute atomic E-state index is 0.683. The fraction of sp³-hybridized carbons (Fsp3) is 0.750. The summed E-state index contributed by atoms with van der Waals surface area (Å²) in [6.45, 7) is 0. The number of nitrogens with zero attached hydrogens (tertiary/aromatic N) is 1. The van der Waals surface area contributed by atoms with Gasteiger partial charge in [0.25, 0.3) is 0 Å². The lowest BCUT2D eigenvalue weighted by molar-refractivity contribution is 0.134. The van der Waals surface area contributed by atoms with E-state index in [2.05, 4.69) is 11.0 Å². The van der Waals surface area contributed by atoms with Gasteiger partial charge in [-0.2, -0.15) is 0 Å². The third-order valence-corrected chi connectivity index (χ3v) is 6.12. The van der Waals surface area contributed by atoms with Crippen LogP contribution in [0.15, 0.2) is 11.6 Å². The van der Waals surface area contributed by atoms with Gasteiger partial charge in [-0.15, -0.1) is 0 Å². The topological polar surface area (TPSA) is 3.24 Å². The van der Waals surface area contributed by atoms with Crippen molar-refractivity contribution in [3.63, 3.8) is 0 Å². The second-order valence-electron chi connectivity index (χ2n) is 5.27. The van der Waals surface area contributed by atoms with Gasteiger partial charge in [-0.25, -0.2) is 0 Å². The Kier molecular flexibility index (Phi) is 2.36. The van der Waals surface area contributed by atoms with E-state index in [0.29, 0.717) is 5.25 Å². The summed E-state index contributed by atoms with van der Waals surface area (Å²) in [5.41, 5.74) is 1.77. The molecule has 4 bridgehead atoms. The van der Waals surface area contributed by atoms with Crippen LogP contribution in [0.5, 0.6) is 0 Å². The summed E-state index contributed by atoms with van der Waals surface area (Å²) in [4.78, 5) is 2.06. The third kappa shape index (κ3) is 1.55. The van der Waals surface area contributed by atoms with Crippen LogP contribution in [0.1, 0.15) is 19.3 Å². The summed E-state index contributed by atoms with van der Waals surface area (Å²) in [6, 6.07) is 0. The maximum absolute atomic E-state index is 5.37. The van der Waals surface area contributed by atoms with Crippen molar-refractivity contribution in [3.8, 4) is 0 Å². The molecule has 82 valence electrons. The Morgan fingerprint density at radius 3 is 2.47 bits per heavy atom. The smallest absolute Gasteiger partial charge is 0.136 e. The number of hydrogen-bond acceptors (Lipinski definition) is 2. The van der Waals surface area contributed by atoms with Gasteiger partial charge < -0.3 is 4.90 Å². The van der Waals surface area contributed by atoms with Crippen LogP contribution in [0, 0.1) is 17.8 Å². The Balaban J connectivity index is 1.72. The Bertz CT molecular complexity index is 321. The zero-order valence-corrected chi connectivity index (χ0v) is 10.9. The van der Waals surface area contributed by atoms with Crippen molar-refractivity contribution >= 4 is 28.3 Å². The van der Waals surface area contributed by atoms with Crippen LogP contribution in [0.2, 0.25) is 0 Å². The predicted octanol–water partition coefficient (Wildman–Crippen LogP) is 2.92. The lowest BCUT2D eigenvalue weighted by Crippen LogP contribution is -2.45. The Hall–Kier alpha value is -0.0200. The minimum atomic E-state index is 0.683. The number of allylic oxidation sites excluding steroid dienone is 1. The molecule has 5 aliphatic rings. The molecule has 0 heterocycles.